The van der Waals surface area contributed by atoms with E-state index in [1.54, 1.807) is 23.1 Å². The van der Waals surface area contributed by atoms with Crippen LogP contribution in [0.5, 0.6) is 5.75 Å². The van der Waals surface area contributed by atoms with E-state index in [2.05, 4.69) is 0 Å². The maximum Gasteiger partial charge on any atom is 0.265 e. The molecule has 3 rings (SSSR count). The van der Waals surface area contributed by atoms with E-state index in [1.807, 2.05) is 38.1 Å². The Hall–Kier alpha value is -2.82. The molecule has 1 aliphatic heterocycles. The summed E-state index contributed by atoms with van der Waals surface area (Å²) in [6.45, 7) is 3.79. The molecular formula is C20H22N2O3. The summed E-state index contributed by atoms with van der Waals surface area (Å²) in [5, 5.41) is 0. The normalized spacial score (nSPS) is 16.2. The molecule has 0 spiro atoms. The first-order valence-electron chi connectivity index (χ1n) is 8.40. The second-order valence-electron chi connectivity index (χ2n) is 6.43. The molecule has 1 atom stereocenters. The first kappa shape index (κ1) is 17.0. The molecule has 0 fully saturated rings. The summed E-state index contributed by atoms with van der Waals surface area (Å²) in [7, 11) is 0. The lowest BCUT2D eigenvalue weighted by Crippen LogP contribution is -2.44. The summed E-state index contributed by atoms with van der Waals surface area (Å²) >= 11 is 0. The van der Waals surface area contributed by atoms with Gasteiger partial charge in [-0.3, -0.25) is 9.59 Å². The lowest BCUT2D eigenvalue weighted by molar-refractivity contribution is -0.121. The van der Waals surface area contributed by atoms with Crippen molar-refractivity contribution in [1.82, 2.24) is 0 Å². The van der Waals surface area contributed by atoms with E-state index in [9.17, 15) is 9.59 Å². The molecule has 5 heteroatoms. The van der Waals surface area contributed by atoms with Crippen LogP contribution in [0.2, 0.25) is 0 Å². The Morgan fingerprint density at radius 1 is 1.24 bits per heavy atom. The number of rotatable bonds is 4. The first-order valence-corrected chi connectivity index (χ1v) is 8.40. The number of fused-ring (bicyclic) bond motifs is 1. The lowest BCUT2D eigenvalue weighted by Gasteiger charge is -2.35. The minimum atomic E-state index is -0.570. The number of carbonyl (C=O) groups is 2. The number of hydrogen-bond donors (Lipinski definition) is 1. The zero-order valence-electron chi connectivity index (χ0n) is 14.5. The van der Waals surface area contributed by atoms with Crippen LogP contribution in [0, 0.1) is 6.92 Å². The number of amides is 2. The molecule has 1 heterocycles. The van der Waals surface area contributed by atoms with Gasteiger partial charge in [-0.25, -0.2) is 0 Å². The van der Waals surface area contributed by atoms with E-state index in [-0.39, 0.29) is 24.1 Å². The molecule has 0 unspecified atom stereocenters. The molecule has 0 saturated heterocycles. The summed E-state index contributed by atoms with van der Waals surface area (Å²) in [5.41, 5.74) is 8.71. The van der Waals surface area contributed by atoms with Crippen molar-refractivity contribution in [2.75, 3.05) is 11.5 Å². The Balaban J connectivity index is 1.80. The van der Waals surface area contributed by atoms with Crippen molar-refractivity contribution in [3.8, 4) is 5.75 Å². The molecule has 2 N–H and O–H groups in total. The first-order chi connectivity index (χ1) is 12.0. The van der Waals surface area contributed by atoms with Gasteiger partial charge in [-0.15, -0.1) is 0 Å². The number of anilines is 1. The molecule has 0 bridgehead atoms. The van der Waals surface area contributed by atoms with Crippen molar-refractivity contribution in [2.24, 2.45) is 5.73 Å². The third-order valence-corrected chi connectivity index (χ3v) is 4.55. The van der Waals surface area contributed by atoms with Crippen LogP contribution in [0.25, 0.3) is 0 Å². The quantitative estimate of drug-likeness (QED) is 0.932. The molecule has 0 aliphatic carbocycles. The number of para-hydroxylation sites is 1. The van der Waals surface area contributed by atoms with Gasteiger partial charge in [-0.2, -0.15) is 0 Å². The molecule has 2 aromatic rings. The minimum absolute atomic E-state index is 0.110. The van der Waals surface area contributed by atoms with Gasteiger partial charge in [0.2, 0.25) is 0 Å². The number of nitrogens with two attached hydrogens (primary N) is 1. The predicted octanol–water partition coefficient (Wildman–Crippen LogP) is 2.84. The Morgan fingerprint density at radius 3 is 2.76 bits per heavy atom. The Morgan fingerprint density at radius 2 is 2.00 bits per heavy atom. The highest BCUT2D eigenvalue weighted by molar-refractivity contribution is 5.97. The highest BCUT2D eigenvalue weighted by Gasteiger charge is 2.28. The lowest BCUT2D eigenvalue weighted by atomic mass is 9.96. The fourth-order valence-corrected chi connectivity index (χ4v) is 3.23. The Labute approximate surface area is 147 Å². The number of primary amides is 1. The predicted molar refractivity (Wildman–Crippen MR) is 96.9 cm³/mol. The molecule has 2 amide bonds. The SMILES string of the molecule is Cc1ccc(C(N)=O)c(OCC(=O)N2c3ccccc3CC[C@H]2C)c1. The van der Waals surface area contributed by atoms with Crippen LogP contribution in [-0.4, -0.2) is 24.5 Å². The van der Waals surface area contributed by atoms with Crippen molar-refractivity contribution in [1.29, 1.82) is 0 Å². The van der Waals surface area contributed by atoms with Crippen LogP contribution in [0.4, 0.5) is 5.69 Å². The maximum absolute atomic E-state index is 12.8. The fourth-order valence-electron chi connectivity index (χ4n) is 3.23. The third kappa shape index (κ3) is 3.50. The van der Waals surface area contributed by atoms with Crippen LogP contribution in [0.15, 0.2) is 42.5 Å². The van der Waals surface area contributed by atoms with Crippen LogP contribution >= 0.6 is 0 Å². The second-order valence-corrected chi connectivity index (χ2v) is 6.43. The average molecular weight is 338 g/mol. The van der Waals surface area contributed by atoms with Gasteiger partial charge in [0.1, 0.15) is 5.75 Å². The summed E-state index contributed by atoms with van der Waals surface area (Å²) in [4.78, 5) is 26.1. The Bertz CT molecular complexity index is 816. The van der Waals surface area contributed by atoms with Gasteiger partial charge >= 0.3 is 0 Å². The van der Waals surface area contributed by atoms with Crippen molar-refractivity contribution in [3.05, 3.63) is 59.2 Å². The Kier molecular flexibility index (Phi) is 4.74. The van der Waals surface area contributed by atoms with E-state index in [4.69, 9.17) is 10.5 Å². The van der Waals surface area contributed by atoms with Crippen molar-refractivity contribution >= 4 is 17.5 Å². The number of carbonyl (C=O) groups excluding carboxylic acids is 2. The van der Waals surface area contributed by atoms with Crippen LogP contribution in [0.3, 0.4) is 0 Å². The highest BCUT2D eigenvalue weighted by atomic mass is 16.5. The second kappa shape index (κ2) is 6.97. The van der Waals surface area contributed by atoms with Crippen LogP contribution < -0.4 is 15.4 Å². The molecule has 0 aromatic heterocycles. The van der Waals surface area contributed by atoms with Crippen LogP contribution in [0.1, 0.15) is 34.8 Å². The van der Waals surface area contributed by atoms with Crippen LogP contribution in [-0.2, 0) is 11.2 Å². The number of aryl methyl sites for hydroxylation is 2. The van der Waals surface area contributed by atoms with Gasteiger partial charge in [-0.05, 0) is 56.0 Å². The van der Waals surface area contributed by atoms with E-state index < -0.39 is 5.91 Å². The third-order valence-electron chi connectivity index (χ3n) is 4.55. The summed E-state index contributed by atoms with van der Waals surface area (Å²) in [5.74, 6) is -0.352. The van der Waals surface area contributed by atoms with E-state index in [0.717, 1.165) is 24.1 Å². The van der Waals surface area contributed by atoms with Gasteiger partial charge in [0, 0.05) is 11.7 Å². The smallest absolute Gasteiger partial charge is 0.265 e. The van der Waals surface area contributed by atoms with Crippen molar-refractivity contribution < 1.29 is 14.3 Å². The highest BCUT2D eigenvalue weighted by Crippen LogP contribution is 2.30. The van der Waals surface area contributed by atoms with Gasteiger partial charge in [0.25, 0.3) is 11.8 Å². The summed E-state index contributed by atoms with van der Waals surface area (Å²) in [6, 6.07) is 13.2. The number of nitrogens with zero attached hydrogens (tertiary/aromatic N) is 1. The van der Waals surface area contributed by atoms with Crippen molar-refractivity contribution in [2.45, 2.75) is 32.7 Å². The van der Waals surface area contributed by atoms with Crippen molar-refractivity contribution in [3.63, 3.8) is 0 Å². The van der Waals surface area contributed by atoms with Gasteiger partial charge < -0.3 is 15.4 Å². The molecular weight excluding hydrogens is 316 g/mol. The van der Waals surface area contributed by atoms with E-state index in [1.165, 1.54) is 5.56 Å². The summed E-state index contributed by atoms with van der Waals surface area (Å²) < 4.78 is 5.67. The summed E-state index contributed by atoms with van der Waals surface area (Å²) in [6.07, 6.45) is 1.88. The zero-order valence-corrected chi connectivity index (χ0v) is 14.5. The molecule has 0 radical (unpaired) electrons. The topological polar surface area (TPSA) is 72.6 Å². The number of ether oxygens (including phenoxy) is 1. The monoisotopic (exact) mass is 338 g/mol. The molecule has 25 heavy (non-hydrogen) atoms. The van der Waals surface area contributed by atoms with Gasteiger partial charge in [0.15, 0.2) is 6.61 Å². The molecule has 5 nitrogen and oxygen atoms in total. The molecule has 0 saturated carbocycles. The zero-order chi connectivity index (χ0) is 18.0. The largest absolute Gasteiger partial charge is 0.483 e. The van der Waals surface area contributed by atoms with Gasteiger partial charge in [-0.1, -0.05) is 24.3 Å². The molecule has 2 aromatic carbocycles. The fraction of sp³-hybridized carbons (Fsp3) is 0.300. The van der Waals surface area contributed by atoms with Gasteiger partial charge in [0.05, 0.1) is 5.56 Å². The average Bonchev–Trinajstić information content (AvgIpc) is 2.59. The van der Waals surface area contributed by atoms with E-state index in [0.29, 0.717) is 5.75 Å². The minimum Gasteiger partial charge on any atom is -0.483 e. The standard InChI is InChI=1S/C20H22N2O3/c1-13-7-10-16(20(21)24)18(11-13)25-12-19(23)22-14(2)8-9-15-5-3-4-6-17(15)22/h3-7,10-11,14H,8-9,12H2,1-2H3,(H2,21,24)/t14-/m1/s1. The molecule has 130 valence electrons. The number of benzene rings is 2. The molecule has 1 aliphatic rings. The number of hydrogen-bond acceptors (Lipinski definition) is 3. The maximum atomic E-state index is 12.8. The van der Waals surface area contributed by atoms with E-state index >= 15 is 0 Å².